The first-order chi connectivity index (χ1) is 9.97. The fraction of sp³-hybridized carbons (Fsp3) is 0.188. The van der Waals surface area contributed by atoms with E-state index < -0.39 is 0 Å². The first-order valence-corrected chi connectivity index (χ1v) is 8.20. The van der Waals surface area contributed by atoms with Crippen LogP contribution in [0.4, 0.5) is 5.69 Å². The Hall–Kier alpha value is -1.33. The fourth-order valence-electron chi connectivity index (χ4n) is 2.15. The van der Waals surface area contributed by atoms with E-state index in [4.69, 9.17) is 10.2 Å². The topological polar surface area (TPSA) is 52.0 Å². The van der Waals surface area contributed by atoms with E-state index in [-0.39, 0.29) is 0 Å². The van der Waals surface area contributed by atoms with Crippen molar-refractivity contribution in [1.29, 1.82) is 0 Å². The predicted octanol–water partition coefficient (Wildman–Crippen LogP) is 5.73. The quantitative estimate of drug-likeness (QED) is 0.550. The van der Waals surface area contributed by atoms with Crippen molar-refractivity contribution in [3.05, 3.63) is 44.8 Å². The van der Waals surface area contributed by atoms with Gasteiger partial charge in [-0.1, -0.05) is 26.0 Å². The van der Waals surface area contributed by atoms with Crippen LogP contribution in [0.3, 0.4) is 0 Å². The Kier molecular flexibility index (Phi) is 3.80. The summed E-state index contributed by atoms with van der Waals surface area (Å²) < 4.78 is 7.39. The second kappa shape index (κ2) is 5.46. The van der Waals surface area contributed by atoms with E-state index in [9.17, 15) is 0 Å². The summed E-state index contributed by atoms with van der Waals surface area (Å²) in [5.74, 6) is 1.10. The number of nitrogen functional groups attached to an aromatic ring is 1. The lowest BCUT2D eigenvalue weighted by Gasteiger charge is -2.04. The SMILES string of the molecule is CC(C)c1ccc(-c2nc3cc(Br)c(N)c(Br)c3o2)cc1. The molecule has 0 bridgehead atoms. The molecule has 21 heavy (non-hydrogen) atoms. The van der Waals surface area contributed by atoms with E-state index in [0.717, 1.165) is 20.0 Å². The van der Waals surface area contributed by atoms with Gasteiger partial charge in [0.2, 0.25) is 5.89 Å². The van der Waals surface area contributed by atoms with Crippen molar-refractivity contribution in [2.45, 2.75) is 19.8 Å². The minimum atomic E-state index is 0.507. The fourth-order valence-corrected chi connectivity index (χ4v) is 3.32. The molecule has 0 atom stereocenters. The summed E-state index contributed by atoms with van der Waals surface area (Å²) in [6.07, 6.45) is 0. The lowest BCUT2D eigenvalue weighted by Crippen LogP contribution is -1.88. The van der Waals surface area contributed by atoms with Gasteiger partial charge in [0, 0.05) is 10.0 Å². The highest BCUT2D eigenvalue weighted by atomic mass is 79.9. The zero-order valence-corrected chi connectivity index (χ0v) is 14.8. The summed E-state index contributed by atoms with van der Waals surface area (Å²) in [6.45, 7) is 4.34. The van der Waals surface area contributed by atoms with Crippen LogP contribution in [0.1, 0.15) is 25.3 Å². The lowest BCUT2D eigenvalue weighted by molar-refractivity contribution is 0.618. The maximum atomic E-state index is 5.97. The molecule has 2 N–H and O–H groups in total. The van der Waals surface area contributed by atoms with Gasteiger partial charge in [0.15, 0.2) is 5.58 Å². The molecule has 0 saturated heterocycles. The number of halogens is 2. The van der Waals surface area contributed by atoms with Gasteiger partial charge in [-0.25, -0.2) is 4.98 Å². The number of rotatable bonds is 2. The molecule has 3 rings (SSSR count). The third kappa shape index (κ3) is 2.60. The molecule has 0 amide bonds. The van der Waals surface area contributed by atoms with Gasteiger partial charge >= 0.3 is 0 Å². The molecule has 1 heterocycles. The largest absolute Gasteiger partial charge is 0.435 e. The molecule has 2 aromatic carbocycles. The van der Waals surface area contributed by atoms with Crippen molar-refractivity contribution in [2.24, 2.45) is 0 Å². The van der Waals surface area contributed by atoms with Gasteiger partial charge in [0.25, 0.3) is 0 Å². The van der Waals surface area contributed by atoms with Gasteiger partial charge < -0.3 is 10.2 Å². The van der Waals surface area contributed by atoms with Crippen LogP contribution in [0.5, 0.6) is 0 Å². The van der Waals surface area contributed by atoms with E-state index in [1.54, 1.807) is 0 Å². The Labute approximate surface area is 139 Å². The molecule has 0 aliphatic carbocycles. The van der Waals surface area contributed by atoms with E-state index in [1.807, 2.05) is 18.2 Å². The van der Waals surface area contributed by atoms with Gasteiger partial charge in [-0.05, 0) is 61.5 Å². The molecule has 0 saturated carbocycles. The van der Waals surface area contributed by atoms with Crippen LogP contribution in [0, 0.1) is 0 Å². The van der Waals surface area contributed by atoms with Gasteiger partial charge in [0.1, 0.15) is 5.52 Å². The standard InChI is InChI=1S/C16H14Br2N2O/c1-8(2)9-3-5-10(6-4-9)16-20-12-7-11(17)14(19)13(18)15(12)21-16/h3-8H,19H2,1-2H3. The number of aromatic nitrogens is 1. The molecule has 3 aromatic rings. The Morgan fingerprint density at radius 2 is 1.81 bits per heavy atom. The Morgan fingerprint density at radius 3 is 2.43 bits per heavy atom. The Bertz CT molecular complexity index is 807. The molecule has 108 valence electrons. The van der Waals surface area contributed by atoms with Crippen LogP contribution in [0.2, 0.25) is 0 Å². The van der Waals surface area contributed by atoms with Crippen molar-refractivity contribution < 1.29 is 4.42 Å². The summed E-state index contributed by atoms with van der Waals surface area (Å²) in [5, 5.41) is 0. The Morgan fingerprint density at radius 1 is 1.14 bits per heavy atom. The summed E-state index contributed by atoms with van der Waals surface area (Å²) in [6, 6.07) is 10.1. The van der Waals surface area contributed by atoms with Crippen molar-refractivity contribution in [3.63, 3.8) is 0 Å². The van der Waals surface area contributed by atoms with E-state index >= 15 is 0 Å². The number of benzene rings is 2. The number of hydrogen-bond acceptors (Lipinski definition) is 3. The molecule has 0 spiro atoms. The molecular weight excluding hydrogens is 396 g/mol. The third-order valence-corrected chi connectivity index (χ3v) is 4.88. The zero-order valence-electron chi connectivity index (χ0n) is 11.7. The number of oxazole rings is 1. The average molecular weight is 410 g/mol. The first-order valence-electron chi connectivity index (χ1n) is 6.61. The minimum Gasteiger partial charge on any atom is -0.435 e. The van der Waals surface area contributed by atoms with Gasteiger partial charge in [-0.2, -0.15) is 0 Å². The molecule has 5 heteroatoms. The number of nitrogens with zero attached hydrogens (tertiary/aromatic N) is 1. The van der Waals surface area contributed by atoms with Crippen LogP contribution in [0.15, 0.2) is 43.7 Å². The highest BCUT2D eigenvalue weighted by Crippen LogP contribution is 2.37. The second-order valence-electron chi connectivity index (χ2n) is 5.23. The molecule has 0 fully saturated rings. The molecule has 0 aliphatic heterocycles. The van der Waals surface area contributed by atoms with Crippen molar-refractivity contribution in [1.82, 2.24) is 4.98 Å². The number of nitrogens with two attached hydrogens (primary N) is 1. The maximum absolute atomic E-state index is 5.97. The third-order valence-electron chi connectivity index (χ3n) is 3.43. The van der Waals surface area contributed by atoms with Crippen molar-refractivity contribution in [2.75, 3.05) is 5.73 Å². The number of fused-ring (bicyclic) bond motifs is 1. The van der Waals surface area contributed by atoms with E-state index in [0.29, 0.717) is 23.1 Å². The van der Waals surface area contributed by atoms with E-state index in [1.165, 1.54) is 5.56 Å². The average Bonchev–Trinajstić information content (AvgIpc) is 2.89. The summed E-state index contributed by atoms with van der Waals surface area (Å²) >= 11 is 6.88. The molecule has 0 aliphatic rings. The summed E-state index contributed by atoms with van der Waals surface area (Å²) in [4.78, 5) is 4.54. The van der Waals surface area contributed by atoms with Crippen LogP contribution < -0.4 is 5.73 Å². The zero-order chi connectivity index (χ0) is 15.1. The monoisotopic (exact) mass is 408 g/mol. The van der Waals surface area contributed by atoms with Crippen molar-refractivity contribution >= 4 is 48.6 Å². The molecule has 0 unspecified atom stereocenters. The molecule has 1 aromatic heterocycles. The van der Waals surface area contributed by atoms with E-state index in [2.05, 4.69) is 62.8 Å². The number of hydrogen-bond donors (Lipinski definition) is 1. The predicted molar refractivity (Wildman–Crippen MR) is 93.3 cm³/mol. The maximum Gasteiger partial charge on any atom is 0.227 e. The highest BCUT2D eigenvalue weighted by Gasteiger charge is 2.15. The van der Waals surface area contributed by atoms with Crippen LogP contribution >= 0.6 is 31.9 Å². The molecular formula is C16H14Br2N2O. The Balaban J connectivity index is 2.11. The minimum absolute atomic E-state index is 0.507. The van der Waals surface area contributed by atoms with Crippen molar-refractivity contribution in [3.8, 4) is 11.5 Å². The normalized spacial score (nSPS) is 11.5. The second-order valence-corrected chi connectivity index (χ2v) is 6.88. The molecule has 0 radical (unpaired) electrons. The summed E-state index contributed by atoms with van der Waals surface area (Å²) in [5.41, 5.74) is 10.3. The smallest absolute Gasteiger partial charge is 0.227 e. The van der Waals surface area contributed by atoms with Gasteiger partial charge in [0.05, 0.1) is 10.2 Å². The van der Waals surface area contributed by atoms with Gasteiger partial charge in [-0.3, -0.25) is 0 Å². The highest BCUT2D eigenvalue weighted by molar-refractivity contribution is 9.11. The van der Waals surface area contributed by atoms with Crippen LogP contribution in [-0.2, 0) is 0 Å². The van der Waals surface area contributed by atoms with Crippen LogP contribution in [0.25, 0.3) is 22.6 Å². The lowest BCUT2D eigenvalue weighted by atomic mass is 10.0. The molecule has 3 nitrogen and oxygen atoms in total. The summed E-state index contributed by atoms with van der Waals surface area (Å²) in [7, 11) is 0. The first kappa shape index (κ1) is 14.6. The number of anilines is 1. The van der Waals surface area contributed by atoms with Gasteiger partial charge in [-0.15, -0.1) is 0 Å². The van der Waals surface area contributed by atoms with Crippen LogP contribution in [-0.4, -0.2) is 4.98 Å².